The van der Waals surface area contributed by atoms with Crippen molar-refractivity contribution < 1.29 is 0 Å². The Morgan fingerprint density at radius 3 is 1.12 bits per heavy atom. The molecule has 0 radical (unpaired) electrons. The highest BCUT2D eigenvalue weighted by molar-refractivity contribution is 6.36. The van der Waals surface area contributed by atoms with Crippen LogP contribution in [-0.4, -0.2) is 9.52 Å². The van der Waals surface area contributed by atoms with Crippen LogP contribution in [0.5, 0.6) is 0 Å². The van der Waals surface area contributed by atoms with E-state index in [4.69, 9.17) is 0 Å². The van der Waals surface area contributed by atoms with Crippen LogP contribution in [-0.2, 0) is 10.8 Å². The maximum absolute atomic E-state index is 2.60. The van der Waals surface area contributed by atoms with Gasteiger partial charge in [-0.25, -0.2) is 0 Å². The number of allylic oxidation sites excluding steroid dienone is 2. The van der Waals surface area contributed by atoms with Crippen LogP contribution in [0.2, 0.25) is 12.1 Å². The molecule has 0 aromatic heterocycles. The van der Waals surface area contributed by atoms with Gasteiger partial charge in [0.05, 0.1) is 0 Å². The first-order valence-corrected chi connectivity index (χ1v) is 23.5. The first kappa shape index (κ1) is 38.9. The van der Waals surface area contributed by atoms with Crippen LogP contribution in [0.25, 0.3) is 56.7 Å². The van der Waals surface area contributed by atoms with E-state index in [1.165, 1.54) is 78.8 Å². The fourth-order valence-corrected chi connectivity index (χ4v) is 12.5. The summed E-state index contributed by atoms with van der Waals surface area (Å²) in [5, 5.41) is 0. The Hall–Kier alpha value is -4.98. The van der Waals surface area contributed by atoms with Gasteiger partial charge in [0.1, 0.15) is 0 Å². The molecule has 1 heteroatoms. The standard InChI is InChI=1S/C56H60Si/c1-9-37-33-47-43(29-31-51(55(3,4)5)53(47)45-27-19-17-25-41(45)39-21-13-11-14-22-39)49(37)35-57-36-50-38(10-2)34-48-44(50)30-32-52(56(6,7)8)54(48)46-28-20-18-26-42(46)40-23-15-12-16-24-40/h11-34,49-50H,9-10,35-36,57H2,1-8H3. The molecule has 2 atom stereocenters. The number of fused-ring (bicyclic) bond motifs is 2. The summed E-state index contributed by atoms with van der Waals surface area (Å²) in [6, 6.07) is 52.7. The Balaban J connectivity index is 1.15. The quantitative estimate of drug-likeness (QED) is 0.122. The molecule has 0 nitrogen and oxygen atoms in total. The summed E-state index contributed by atoms with van der Waals surface area (Å²) in [4.78, 5) is 0. The van der Waals surface area contributed by atoms with Crippen LogP contribution < -0.4 is 0 Å². The van der Waals surface area contributed by atoms with Gasteiger partial charge in [-0.15, -0.1) is 0 Å². The molecule has 57 heavy (non-hydrogen) atoms. The minimum Gasteiger partial charge on any atom is -0.0626 e. The van der Waals surface area contributed by atoms with Crippen LogP contribution in [0.3, 0.4) is 0 Å². The average molecular weight is 761 g/mol. The molecule has 288 valence electrons. The monoisotopic (exact) mass is 760 g/mol. The third-order valence-electron chi connectivity index (χ3n) is 12.8. The molecule has 2 unspecified atom stereocenters. The molecule has 6 aromatic rings. The summed E-state index contributed by atoms with van der Waals surface area (Å²) >= 11 is 0. The van der Waals surface area contributed by atoms with Gasteiger partial charge in [-0.05, 0) is 102 Å². The molecule has 0 fully saturated rings. The van der Waals surface area contributed by atoms with Crippen LogP contribution in [0.15, 0.2) is 145 Å². The van der Waals surface area contributed by atoms with Crippen molar-refractivity contribution in [2.45, 2.75) is 103 Å². The Bertz CT molecular complexity index is 2290. The van der Waals surface area contributed by atoms with E-state index >= 15 is 0 Å². The molecule has 0 amide bonds. The second-order valence-electron chi connectivity index (χ2n) is 18.5. The predicted octanol–water partition coefficient (Wildman–Crippen LogP) is 15.4. The van der Waals surface area contributed by atoms with Crippen LogP contribution >= 0.6 is 0 Å². The van der Waals surface area contributed by atoms with Gasteiger partial charge in [-0.2, -0.15) is 0 Å². The van der Waals surface area contributed by atoms with E-state index in [1.807, 2.05) is 0 Å². The highest BCUT2D eigenvalue weighted by atomic mass is 28.2. The summed E-state index contributed by atoms with van der Waals surface area (Å²) in [5.41, 5.74) is 23.0. The lowest BCUT2D eigenvalue weighted by atomic mass is 9.77. The van der Waals surface area contributed by atoms with Crippen molar-refractivity contribution in [3.63, 3.8) is 0 Å². The lowest BCUT2D eigenvalue weighted by Crippen LogP contribution is -2.15. The second-order valence-corrected chi connectivity index (χ2v) is 20.3. The fourth-order valence-electron chi connectivity index (χ4n) is 10.0. The van der Waals surface area contributed by atoms with Gasteiger partial charge in [0.15, 0.2) is 0 Å². The van der Waals surface area contributed by atoms with E-state index in [9.17, 15) is 0 Å². The zero-order chi connectivity index (χ0) is 39.9. The topological polar surface area (TPSA) is 0 Å². The molecular weight excluding hydrogens is 701 g/mol. The number of hydrogen-bond donors (Lipinski definition) is 0. The highest BCUT2D eigenvalue weighted by Gasteiger charge is 2.34. The summed E-state index contributed by atoms with van der Waals surface area (Å²) in [5.74, 6) is 1.03. The number of benzene rings is 6. The van der Waals surface area contributed by atoms with Gasteiger partial charge in [0.2, 0.25) is 0 Å². The SMILES string of the molecule is CCC1=Cc2c(ccc(C(C)(C)C)c2-c2ccccc2-c2ccccc2)C1C[SiH2]CC1C(CC)=Cc2c1ccc(C(C)(C)C)c2-c1ccccc1-c1ccccc1. The molecule has 0 saturated carbocycles. The van der Waals surface area contributed by atoms with E-state index in [0.717, 1.165) is 12.8 Å². The smallest absolute Gasteiger partial charge is 0.0218 e. The zero-order valence-corrected chi connectivity index (χ0v) is 37.0. The summed E-state index contributed by atoms with van der Waals surface area (Å²) < 4.78 is 0. The molecular formula is C56H60Si. The predicted molar refractivity (Wildman–Crippen MR) is 252 cm³/mol. The largest absolute Gasteiger partial charge is 0.0626 e. The van der Waals surface area contributed by atoms with E-state index in [-0.39, 0.29) is 10.8 Å². The number of rotatable bonds is 10. The molecule has 2 aliphatic rings. The molecule has 0 bridgehead atoms. The van der Waals surface area contributed by atoms with E-state index in [1.54, 1.807) is 22.3 Å². The van der Waals surface area contributed by atoms with E-state index in [2.05, 4.69) is 201 Å². The third kappa shape index (κ3) is 7.36. The maximum atomic E-state index is 2.60. The zero-order valence-electron chi connectivity index (χ0n) is 35.5. The number of hydrogen-bond acceptors (Lipinski definition) is 0. The molecule has 0 spiro atoms. The summed E-state index contributed by atoms with van der Waals surface area (Å²) in [6.07, 6.45) is 7.41. The average Bonchev–Trinajstić information content (AvgIpc) is 3.77. The van der Waals surface area contributed by atoms with Gasteiger partial charge in [-0.1, -0.05) is 224 Å². The Morgan fingerprint density at radius 2 is 0.772 bits per heavy atom. The molecule has 0 aliphatic heterocycles. The molecule has 6 aromatic carbocycles. The van der Waals surface area contributed by atoms with Gasteiger partial charge in [0.25, 0.3) is 0 Å². The summed E-state index contributed by atoms with van der Waals surface area (Å²) in [6.45, 7) is 19.0. The highest BCUT2D eigenvalue weighted by Crippen LogP contribution is 2.52. The van der Waals surface area contributed by atoms with Gasteiger partial charge in [-0.3, -0.25) is 0 Å². The normalized spacial score (nSPS) is 16.5. The van der Waals surface area contributed by atoms with Crippen molar-refractivity contribution in [3.05, 3.63) is 178 Å². The summed E-state index contributed by atoms with van der Waals surface area (Å²) in [7, 11) is -0.414. The molecule has 0 N–H and O–H groups in total. The minimum absolute atomic E-state index is 0.0211. The molecule has 0 heterocycles. The first-order valence-electron chi connectivity index (χ1n) is 21.5. The Kier molecular flexibility index (Phi) is 10.7. The van der Waals surface area contributed by atoms with Crippen molar-refractivity contribution in [2.75, 3.05) is 0 Å². The maximum Gasteiger partial charge on any atom is 0.0218 e. The van der Waals surface area contributed by atoms with Crippen LogP contribution in [0, 0.1) is 0 Å². The van der Waals surface area contributed by atoms with E-state index in [0.29, 0.717) is 11.8 Å². The van der Waals surface area contributed by atoms with Crippen molar-refractivity contribution in [3.8, 4) is 44.5 Å². The van der Waals surface area contributed by atoms with Crippen molar-refractivity contribution in [2.24, 2.45) is 0 Å². The second kappa shape index (κ2) is 15.8. The van der Waals surface area contributed by atoms with E-state index < -0.39 is 9.52 Å². The van der Waals surface area contributed by atoms with Gasteiger partial charge < -0.3 is 0 Å². The lowest BCUT2D eigenvalue weighted by Gasteiger charge is -2.28. The van der Waals surface area contributed by atoms with Crippen molar-refractivity contribution >= 4 is 21.7 Å². The third-order valence-corrected chi connectivity index (χ3v) is 14.8. The van der Waals surface area contributed by atoms with Crippen LogP contribution in [0.4, 0.5) is 0 Å². The van der Waals surface area contributed by atoms with Gasteiger partial charge >= 0.3 is 0 Å². The lowest BCUT2D eigenvalue weighted by molar-refractivity contribution is 0.591. The molecule has 0 saturated heterocycles. The van der Waals surface area contributed by atoms with Gasteiger partial charge in [0, 0.05) is 21.4 Å². The fraction of sp³-hybridized carbons (Fsp3) is 0.286. The first-order chi connectivity index (χ1) is 27.5. The molecule has 2 aliphatic carbocycles. The Morgan fingerprint density at radius 1 is 0.421 bits per heavy atom. The van der Waals surface area contributed by atoms with Crippen molar-refractivity contribution in [1.82, 2.24) is 0 Å². The Labute approximate surface area is 345 Å². The minimum atomic E-state index is -0.414. The van der Waals surface area contributed by atoms with Crippen molar-refractivity contribution in [1.29, 1.82) is 0 Å². The van der Waals surface area contributed by atoms with Crippen LogP contribution in [0.1, 0.15) is 113 Å². The molecule has 8 rings (SSSR count).